The Kier molecular flexibility index (Phi) is 5.80. The maximum absolute atomic E-state index is 14.1. The number of nitrogens with zero attached hydrogens (tertiary/aromatic N) is 2. The predicted octanol–water partition coefficient (Wildman–Crippen LogP) is 0.318. The van der Waals surface area contributed by atoms with E-state index in [0.717, 1.165) is 16.4 Å². The summed E-state index contributed by atoms with van der Waals surface area (Å²) < 4.78 is 45.7. The summed E-state index contributed by atoms with van der Waals surface area (Å²) in [7, 11) is -4.02. The average molecular weight is 403 g/mol. The van der Waals surface area contributed by atoms with Gasteiger partial charge < -0.3 is 15.0 Å². The minimum Gasteiger partial charge on any atom is -0.379 e. The number of anilines is 1. The lowest BCUT2D eigenvalue weighted by atomic mass is 10.3. The average Bonchev–Trinajstić information content (AvgIpc) is 3.02. The van der Waals surface area contributed by atoms with Gasteiger partial charge in [-0.05, 0) is 18.2 Å². The second kappa shape index (κ2) is 7.91. The summed E-state index contributed by atoms with van der Waals surface area (Å²) in [6.45, 7) is 0.660. The number of carbonyl (C=O) groups is 2. The summed E-state index contributed by atoms with van der Waals surface area (Å²) in [6.07, 6.45) is 0. The number of amides is 2. The number of nitrogens with one attached hydrogen (secondary N) is 1. The van der Waals surface area contributed by atoms with Crippen LogP contribution in [-0.4, -0.2) is 73.9 Å². The lowest BCUT2D eigenvalue weighted by molar-refractivity contribution is -0.130. The van der Waals surface area contributed by atoms with Gasteiger partial charge in [-0.2, -0.15) is 4.31 Å². The summed E-state index contributed by atoms with van der Waals surface area (Å²) in [5, 5.41) is 2.52. The van der Waals surface area contributed by atoms with E-state index < -0.39 is 26.6 Å². The lowest BCUT2D eigenvalue weighted by Gasteiger charge is -2.26. The van der Waals surface area contributed by atoms with Gasteiger partial charge in [-0.3, -0.25) is 9.59 Å². The molecule has 0 aliphatic carbocycles. The Morgan fingerprint density at radius 2 is 2.04 bits per heavy atom. The first-order valence-corrected chi connectivity index (χ1v) is 10.5. The van der Waals surface area contributed by atoms with E-state index in [1.54, 1.807) is 0 Å². The summed E-state index contributed by atoms with van der Waals surface area (Å²) in [4.78, 5) is 24.5. The van der Waals surface area contributed by atoms with Crippen molar-refractivity contribution in [1.82, 2.24) is 9.21 Å². The van der Waals surface area contributed by atoms with Gasteiger partial charge in [0.05, 0.1) is 24.8 Å². The highest BCUT2D eigenvalue weighted by Gasteiger charge is 2.29. The quantitative estimate of drug-likeness (QED) is 0.761. The van der Waals surface area contributed by atoms with Crippen LogP contribution in [0.2, 0.25) is 0 Å². The van der Waals surface area contributed by atoms with Crippen LogP contribution in [0.5, 0.6) is 0 Å². The molecule has 26 heavy (non-hydrogen) atoms. The van der Waals surface area contributed by atoms with Crippen LogP contribution in [0, 0.1) is 5.82 Å². The second-order valence-corrected chi connectivity index (χ2v) is 8.64. The molecule has 1 aromatic carbocycles. The Morgan fingerprint density at radius 1 is 1.31 bits per heavy atom. The third-order valence-corrected chi connectivity index (χ3v) is 6.82. The molecule has 0 aromatic heterocycles. The van der Waals surface area contributed by atoms with E-state index in [1.807, 2.05) is 0 Å². The number of benzene rings is 1. The molecule has 1 aromatic rings. The van der Waals surface area contributed by atoms with E-state index in [0.29, 0.717) is 11.6 Å². The Bertz CT molecular complexity index is 811. The van der Waals surface area contributed by atoms with Crippen LogP contribution < -0.4 is 5.32 Å². The molecule has 0 unspecified atom stereocenters. The minimum atomic E-state index is -4.02. The molecule has 2 heterocycles. The van der Waals surface area contributed by atoms with Crippen LogP contribution in [0.1, 0.15) is 0 Å². The van der Waals surface area contributed by atoms with Crippen molar-refractivity contribution in [3.05, 3.63) is 24.0 Å². The molecule has 11 heteroatoms. The molecule has 0 atom stereocenters. The van der Waals surface area contributed by atoms with Gasteiger partial charge >= 0.3 is 0 Å². The SMILES string of the molecule is O=C(CN1CSCC1=O)Nc1ccc(F)c(S(=O)(=O)N2CCOCC2)c1. The fourth-order valence-corrected chi connectivity index (χ4v) is 5.02. The molecule has 2 aliphatic heterocycles. The maximum Gasteiger partial charge on any atom is 0.246 e. The Morgan fingerprint density at radius 3 is 2.69 bits per heavy atom. The fourth-order valence-electron chi connectivity index (χ4n) is 2.62. The van der Waals surface area contributed by atoms with Gasteiger partial charge in [0, 0.05) is 18.8 Å². The van der Waals surface area contributed by atoms with Crippen LogP contribution in [0.15, 0.2) is 23.1 Å². The van der Waals surface area contributed by atoms with Gasteiger partial charge in [0.15, 0.2) is 0 Å². The molecule has 2 saturated heterocycles. The van der Waals surface area contributed by atoms with E-state index >= 15 is 0 Å². The van der Waals surface area contributed by atoms with Crippen molar-refractivity contribution in [3.8, 4) is 0 Å². The molecule has 3 rings (SSSR count). The van der Waals surface area contributed by atoms with E-state index in [4.69, 9.17) is 4.74 Å². The molecule has 1 N–H and O–H groups in total. The fraction of sp³-hybridized carbons (Fsp3) is 0.467. The molecule has 0 saturated carbocycles. The number of sulfonamides is 1. The topological polar surface area (TPSA) is 96.0 Å². The van der Waals surface area contributed by atoms with Crippen LogP contribution in [0.4, 0.5) is 10.1 Å². The standard InChI is InChI=1S/C15H18FN3O5S2/c16-12-2-1-11(17-14(20)8-18-10-25-9-15(18)21)7-13(12)26(22,23)19-3-5-24-6-4-19/h1-2,7H,3-6,8-10H2,(H,17,20). The zero-order chi connectivity index (χ0) is 18.7. The van der Waals surface area contributed by atoms with Gasteiger partial charge in [0.25, 0.3) is 0 Å². The second-order valence-electron chi connectivity index (χ2n) is 5.78. The predicted molar refractivity (Wildman–Crippen MR) is 93.6 cm³/mol. The number of thioether (sulfide) groups is 1. The number of morpholine rings is 1. The van der Waals surface area contributed by atoms with Crippen molar-refractivity contribution < 1.29 is 27.1 Å². The Hall–Kier alpha value is -1.69. The number of rotatable bonds is 5. The Labute approximate surface area is 154 Å². The molecular weight excluding hydrogens is 385 g/mol. The first-order chi connectivity index (χ1) is 12.4. The largest absolute Gasteiger partial charge is 0.379 e. The summed E-state index contributed by atoms with van der Waals surface area (Å²) >= 11 is 1.41. The third kappa shape index (κ3) is 4.17. The summed E-state index contributed by atoms with van der Waals surface area (Å²) in [5.41, 5.74) is 0.155. The molecular formula is C15H18FN3O5S2. The molecule has 2 fully saturated rings. The van der Waals surface area contributed by atoms with E-state index in [2.05, 4.69) is 5.32 Å². The molecule has 142 valence electrons. The van der Waals surface area contributed by atoms with Crippen molar-refractivity contribution >= 4 is 39.3 Å². The minimum absolute atomic E-state index is 0.125. The van der Waals surface area contributed by atoms with Crippen molar-refractivity contribution in [2.24, 2.45) is 0 Å². The van der Waals surface area contributed by atoms with Crippen LogP contribution in [-0.2, 0) is 24.3 Å². The molecule has 0 bridgehead atoms. The van der Waals surface area contributed by atoms with Crippen molar-refractivity contribution in [2.45, 2.75) is 4.90 Å². The number of hydrogen-bond donors (Lipinski definition) is 1. The molecule has 8 nitrogen and oxygen atoms in total. The number of ether oxygens (including phenoxy) is 1. The summed E-state index contributed by atoms with van der Waals surface area (Å²) in [6, 6.07) is 3.38. The van der Waals surface area contributed by atoms with Gasteiger partial charge in [0.1, 0.15) is 17.3 Å². The third-order valence-electron chi connectivity index (χ3n) is 3.96. The van der Waals surface area contributed by atoms with Crippen LogP contribution in [0.25, 0.3) is 0 Å². The number of carbonyl (C=O) groups excluding carboxylic acids is 2. The maximum atomic E-state index is 14.1. The van der Waals surface area contributed by atoms with Crippen molar-refractivity contribution in [3.63, 3.8) is 0 Å². The van der Waals surface area contributed by atoms with Crippen molar-refractivity contribution in [2.75, 3.05) is 49.8 Å². The normalized spacial score (nSPS) is 19.0. The lowest BCUT2D eigenvalue weighted by Crippen LogP contribution is -2.41. The molecule has 2 aliphatic rings. The van der Waals surface area contributed by atoms with Gasteiger partial charge in [-0.15, -0.1) is 11.8 Å². The first-order valence-electron chi connectivity index (χ1n) is 7.91. The van der Waals surface area contributed by atoms with Gasteiger partial charge in [-0.1, -0.05) is 0 Å². The smallest absolute Gasteiger partial charge is 0.246 e. The van der Waals surface area contributed by atoms with E-state index in [1.165, 1.54) is 22.7 Å². The van der Waals surface area contributed by atoms with Crippen molar-refractivity contribution in [1.29, 1.82) is 0 Å². The Balaban J connectivity index is 1.74. The van der Waals surface area contributed by atoms with E-state index in [-0.39, 0.29) is 44.4 Å². The zero-order valence-corrected chi connectivity index (χ0v) is 15.4. The highest BCUT2D eigenvalue weighted by molar-refractivity contribution is 8.00. The molecule has 0 radical (unpaired) electrons. The molecule has 2 amide bonds. The number of hydrogen-bond acceptors (Lipinski definition) is 6. The monoisotopic (exact) mass is 403 g/mol. The van der Waals surface area contributed by atoms with Crippen LogP contribution >= 0.6 is 11.8 Å². The van der Waals surface area contributed by atoms with Crippen LogP contribution in [0.3, 0.4) is 0 Å². The highest BCUT2D eigenvalue weighted by Crippen LogP contribution is 2.24. The first kappa shape index (κ1) is 19.1. The zero-order valence-electron chi connectivity index (χ0n) is 13.8. The van der Waals surface area contributed by atoms with Gasteiger partial charge in [0.2, 0.25) is 21.8 Å². The number of halogens is 1. The van der Waals surface area contributed by atoms with Gasteiger partial charge in [-0.25, -0.2) is 12.8 Å². The molecule has 0 spiro atoms. The van der Waals surface area contributed by atoms with E-state index in [9.17, 15) is 22.4 Å². The highest BCUT2D eigenvalue weighted by atomic mass is 32.2. The summed E-state index contributed by atoms with van der Waals surface area (Å²) in [5.74, 6) is -0.708.